The molecule has 1 amide bonds. The van der Waals surface area contributed by atoms with Crippen LogP contribution in [0, 0.1) is 5.92 Å². The Hall–Kier alpha value is -2.32. The lowest BCUT2D eigenvalue weighted by atomic mass is 10.1. The molecule has 1 saturated heterocycles. The molecule has 6 nitrogen and oxygen atoms in total. The molecule has 1 fully saturated rings. The van der Waals surface area contributed by atoms with Crippen molar-refractivity contribution in [3.05, 3.63) is 24.2 Å². The van der Waals surface area contributed by atoms with E-state index in [0.29, 0.717) is 19.5 Å². The van der Waals surface area contributed by atoms with Gasteiger partial charge in [-0.05, 0) is 45.2 Å². The number of hydrogen-bond acceptors (Lipinski definition) is 4. The molecule has 142 valence electrons. The van der Waals surface area contributed by atoms with Crippen LogP contribution in [0.2, 0.25) is 0 Å². The molecule has 0 unspecified atom stereocenters. The summed E-state index contributed by atoms with van der Waals surface area (Å²) >= 11 is 0. The molecule has 0 saturated carbocycles. The Kier molecular flexibility index (Phi) is 4.58. The van der Waals surface area contributed by atoms with Crippen molar-refractivity contribution < 1.29 is 22.7 Å². The summed E-state index contributed by atoms with van der Waals surface area (Å²) in [4.78, 5) is 21.4. The van der Waals surface area contributed by atoms with Crippen LogP contribution in [0.1, 0.15) is 33.0 Å². The minimum Gasteiger partial charge on any atom is -0.444 e. The van der Waals surface area contributed by atoms with Crippen molar-refractivity contribution >= 4 is 17.3 Å². The monoisotopic (exact) mass is 370 g/mol. The van der Waals surface area contributed by atoms with Crippen molar-refractivity contribution in [3.8, 4) is 0 Å². The number of pyridine rings is 1. The fraction of sp³-hybridized carbons (Fsp3) is 0.588. The number of hydrogen-bond donors (Lipinski definition) is 0. The van der Waals surface area contributed by atoms with Gasteiger partial charge in [0.2, 0.25) is 5.82 Å². The zero-order valence-electron chi connectivity index (χ0n) is 14.9. The zero-order valence-corrected chi connectivity index (χ0v) is 14.9. The molecule has 0 aliphatic carbocycles. The van der Waals surface area contributed by atoms with Gasteiger partial charge < -0.3 is 14.2 Å². The molecule has 2 aromatic heterocycles. The average molecular weight is 370 g/mol. The number of carbonyl (C=O) groups is 1. The van der Waals surface area contributed by atoms with Crippen molar-refractivity contribution in [3.63, 3.8) is 0 Å². The quantitative estimate of drug-likeness (QED) is 0.809. The maximum Gasteiger partial charge on any atom is 0.449 e. The smallest absolute Gasteiger partial charge is 0.444 e. The lowest BCUT2D eigenvalue weighted by Crippen LogP contribution is -2.35. The molecule has 26 heavy (non-hydrogen) atoms. The first-order valence-electron chi connectivity index (χ1n) is 8.41. The number of fused-ring (bicyclic) bond motifs is 1. The molecule has 1 aliphatic rings. The number of ether oxygens (including phenoxy) is 1. The number of rotatable bonds is 2. The lowest BCUT2D eigenvalue weighted by molar-refractivity contribution is -0.147. The molecule has 0 bridgehead atoms. The largest absolute Gasteiger partial charge is 0.449 e. The van der Waals surface area contributed by atoms with E-state index in [9.17, 15) is 18.0 Å². The molecular formula is C17H21F3N4O2. The van der Waals surface area contributed by atoms with Crippen LogP contribution in [0.15, 0.2) is 18.3 Å². The third-order valence-electron chi connectivity index (χ3n) is 4.14. The van der Waals surface area contributed by atoms with Crippen molar-refractivity contribution in [2.24, 2.45) is 5.92 Å². The molecule has 0 radical (unpaired) electrons. The molecule has 3 heterocycles. The third-order valence-corrected chi connectivity index (χ3v) is 4.14. The molecular weight excluding hydrogens is 349 g/mol. The highest BCUT2D eigenvalue weighted by Gasteiger charge is 2.39. The summed E-state index contributed by atoms with van der Waals surface area (Å²) in [5.41, 5.74) is -0.194. The van der Waals surface area contributed by atoms with Crippen LogP contribution in [-0.2, 0) is 17.5 Å². The summed E-state index contributed by atoms with van der Waals surface area (Å²) in [6.07, 6.45) is -2.96. The number of alkyl halides is 3. The highest BCUT2D eigenvalue weighted by Crippen LogP contribution is 2.32. The van der Waals surface area contributed by atoms with E-state index < -0.39 is 23.7 Å². The Morgan fingerprint density at radius 3 is 2.73 bits per heavy atom. The van der Waals surface area contributed by atoms with Crippen LogP contribution < -0.4 is 0 Å². The summed E-state index contributed by atoms with van der Waals surface area (Å²) in [7, 11) is 0. The first kappa shape index (κ1) is 18.5. The van der Waals surface area contributed by atoms with E-state index in [1.807, 2.05) is 0 Å². The molecule has 2 aromatic rings. The summed E-state index contributed by atoms with van der Waals surface area (Å²) in [5.74, 6) is -1.08. The van der Waals surface area contributed by atoms with E-state index in [4.69, 9.17) is 4.74 Å². The molecule has 0 aromatic carbocycles. The van der Waals surface area contributed by atoms with E-state index in [2.05, 4.69) is 9.97 Å². The fourth-order valence-corrected chi connectivity index (χ4v) is 3.08. The van der Waals surface area contributed by atoms with Crippen LogP contribution in [0.5, 0.6) is 0 Å². The number of likely N-dealkylation sites (tertiary alicyclic amines) is 1. The van der Waals surface area contributed by atoms with Crippen molar-refractivity contribution in [2.75, 3.05) is 13.1 Å². The molecule has 1 aliphatic heterocycles. The minimum atomic E-state index is -4.57. The van der Waals surface area contributed by atoms with Crippen LogP contribution >= 0.6 is 0 Å². The van der Waals surface area contributed by atoms with Gasteiger partial charge in [-0.15, -0.1) is 0 Å². The Morgan fingerprint density at radius 1 is 1.35 bits per heavy atom. The zero-order chi connectivity index (χ0) is 19.1. The van der Waals surface area contributed by atoms with Gasteiger partial charge in [0.25, 0.3) is 0 Å². The molecule has 1 atom stereocenters. The van der Waals surface area contributed by atoms with Crippen molar-refractivity contribution in [1.29, 1.82) is 0 Å². The van der Waals surface area contributed by atoms with Crippen LogP contribution in [0.4, 0.5) is 18.0 Å². The van der Waals surface area contributed by atoms with Gasteiger partial charge in [0.05, 0.1) is 0 Å². The van der Waals surface area contributed by atoms with Gasteiger partial charge in [-0.1, -0.05) is 0 Å². The van der Waals surface area contributed by atoms with Gasteiger partial charge in [-0.2, -0.15) is 13.2 Å². The number of amides is 1. The van der Waals surface area contributed by atoms with E-state index >= 15 is 0 Å². The number of aromatic nitrogens is 3. The summed E-state index contributed by atoms with van der Waals surface area (Å²) in [6.45, 7) is 6.23. The van der Waals surface area contributed by atoms with Gasteiger partial charge in [-0.3, -0.25) is 0 Å². The van der Waals surface area contributed by atoms with Gasteiger partial charge >= 0.3 is 12.3 Å². The summed E-state index contributed by atoms with van der Waals surface area (Å²) < 4.78 is 46.5. The van der Waals surface area contributed by atoms with Crippen LogP contribution in [0.3, 0.4) is 0 Å². The Morgan fingerprint density at radius 2 is 2.08 bits per heavy atom. The van der Waals surface area contributed by atoms with Gasteiger partial charge in [0.1, 0.15) is 11.1 Å². The average Bonchev–Trinajstić information content (AvgIpc) is 3.11. The SMILES string of the molecule is CC(C)(C)OC(=O)N1CC[C@H](Cn2c(C(F)(F)F)nc3cccnc32)C1. The third kappa shape index (κ3) is 3.91. The predicted octanol–water partition coefficient (Wildman–Crippen LogP) is 3.71. The van der Waals surface area contributed by atoms with E-state index in [0.717, 1.165) is 4.57 Å². The van der Waals surface area contributed by atoms with Crippen molar-refractivity contribution in [1.82, 2.24) is 19.4 Å². The summed E-state index contributed by atoms with van der Waals surface area (Å²) in [5, 5.41) is 0. The lowest BCUT2D eigenvalue weighted by Gasteiger charge is -2.24. The highest BCUT2D eigenvalue weighted by atomic mass is 19.4. The molecule has 0 N–H and O–H groups in total. The van der Waals surface area contributed by atoms with E-state index in [1.165, 1.54) is 17.2 Å². The van der Waals surface area contributed by atoms with Crippen molar-refractivity contribution in [2.45, 2.75) is 45.5 Å². The van der Waals surface area contributed by atoms with Crippen LogP contribution in [0.25, 0.3) is 11.2 Å². The van der Waals surface area contributed by atoms with E-state index in [1.54, 1.807) is 26.8 Å². The van der Waals surface area contributed by atoms with Gasteiger partial charge in [-0.25, -0.2) is 14.8 Å². The van der Waals surface area contributed by atoms with Gasteiger partial charge in [0.15, 0.2) is 5.65 Å². The molecule has 9 heteroatoms. The van der Waals surface area contributed by atoms with Gasteiger partial charge in [0, 0.05) is 25.8 Å². The maximum atomic E-state index is 13.4. The molecule has 3 rings (SSSR count). The normalized spacial score (nSPS) is 18.5. The second kappa shape index (κ2) is 6.44. The first-order valence-corrected chi connectivity index (χ1v) is 8.41. The summed E-state index contributed by atoms with van der Waals surface area (Å²) in [6, 6.07) is 3.06. The first-order chi connectivity index (χ1) is 12.0. The second-order valence-electron chi connectivity index (χ2n) is 7.47. The standard InChI is InChI=1S/C17H21F3N4O2/c1-16(2,3)26-15(25)23-8-6-11(9-23)10-24-13-12(5-4-7-21-13)22-14(24)17(18,19)20/h4-5,7,11H,6,8-10H2,1-3H3/t11-/m0/s1. The Balaban J connectivity index is 1.79. The molecule has 0 spiro atoms. The topological polar surface area (TPSA) is 60.2 Å². The Bertz CT molecular complexity index is 810. The number of halogens is 3. The number of imidazole rings is 1. The minimum absolute atomic E-state index is 0.0989. The Labute approximate surface area is 149 Å². The number of carbonyl (C=O) groups excluding carboxylic acids is 1. The highest BCUT2D eigenvalue weighted by molar-refractivity contribution is 5.71. The maximum absolute atomic E-state index is 13.4. The number of nitrogens with zero attached hydrogens (tertiary/aromatic N) is 4. The predicted molar refractivity (Wildman–Crippen MR) is 88.4 cm³/mol. The van der Waals surface area contributed by atoms with Crippen LogP contribution in [-0.4, -0.2) is 44.2 Å². The second-order valence-corrected chi connectivity index (χ2v) is 7.47. The fourth-order valence-electron chi connectivity index (χ4n) is 3.08. The van der Waals surface area contributed by atoms with E-state index in [-0.39, 0.29) is 23.6 Å².